The fourth-order valence-electron chi connectivity index (χ4n) is 4.28. The lowest BCUT2D eigenvalue weighted by atomic mass is 9.82. The van der Waals surface area contributed by atoms with Crippen LogP contribution in [0.25, 0.3) is 0 Å². The molecular formula is C21H24O13. The van der Waals surface area contributed by atoms with E-state index >= 15 is 0 Å². The number of carboxylic acid groups (broad SMARTS) is 1. The van der Waals surface area contributed by atoms with Crippen LogP contribution in [0.3, 0.4) is 0 Å². The molecular weight excluding hydrogens is 460 g/mol. The SMILES string of the molecule is O=C(O)C1=CO[C@@H](O[C@@H]2O[C@H](CO)[C@@H](O)[C@H](O)[C@H]2O)[C@@H]2C(COC(=O)c3ccco3)=C[C@@H](O)[C@H]12. The molecule has 2 aliphatic heterocycles. The van der Waals surface area contributed by atoms with E-state index in [-0.39, 0.29) is 23.5 Å². The molecule has 1 aromatic rings. The number of aliphatic carboxylic acids is 1. The molecule has 0 spiro atoms. The molecule has 34 heavy (non-hydrogen) atoms. The molecule has 1 aromatic heterocycles. The van der Waals surface area contributed by atoms with Gasteiger partial charge in [0.05, 0.1) is 36.7 Å². The highest BCUT2D eigenvalue weighted by Crippen LogP contribution is 2.44. The molecule has 0 unspecified atom stereocenters. The number of fused-ring (bicyclic) bond motifs is 1. The molecule has 6 N–H and O–H groups in total. The van der Waals surface area contributed by atoms with Crippen LogP contribution in [0, 0.1) is 11.8 Å². The van der Waals surface area contributed by atoms with Crippen LogP contribution in [0.2, 0.25) is 0 Å². The van der Waals surface area contributed by atoms with Crippen molar-refractivity contribution in [3.05, 3.63) is 47.6 Å². The molecule has 0 saturated carbocycles. The second-order valence-corrected chi connectivity index (χ2v) is 8.05. The fraction of sp³-hybridized carbons (Fsp3) is 0.524. The smallest absolute Gasteiger partial charge is 0.374 e. The Bertz CT molecular complexity index is 952. The summed E-state index contributed by atoms with van der Waals surface area (Å²) in [5.74, 6) is -4.22. The summed E-state index contributed by atoms with van der Waals surface area (Å²) in [5.41, 5.74) is 0.0219. The molecule has 0 amide bonds. The van der Waals surface area contributed by atoms with Gasteiger partial charge in [-0.25, -0.2) is 9.59 Å². The molecule has 1 aliphatic carbocycles. The number of furan rings is 1. The summed E-state index contributed by atoms with van der Waals surface area (Å²) in [5, 5.41) is 59.7. The van der Waals surface area contributed by atoms with Crippen molar-refractivity contribution in [2.45, 2.75) is 43.1 Å². The van der Waals surface area contributed by atoms with Crippen molar-refractivity contribution in [2.75, 3.05) is 13.2 Å². The van der Waals surface area contributed by atoms with Gasteiger partial charge in [-0.15, -0.1) is 0 Å². The van der Waals surface area contributed by atoms with E-state index in [0.717, 1.165) is 6.26 Å². The van der Waals surface area contributed by atoms with Crippen LogP contribution in [0.15, 0.2) is 46.3 Å². The summed E-state index contributed by atoms with van der Waals surface area (Å²) in [4.78, 5) is 23.9. The largest absolute Gasteiger partial charge is 0.478 e. The van der Waals surface area contributed by atoms with E-state index in [0.29, 0.717) is 0 Å². The number of carbonyl (C=O) groups excluding carboxylic acids is 1. The number of hydrogen-bond donors (Lipinski definition) is 6. The standard InChI is InChI=1S/C21H24O13/c22-5-12-15(24)16(25)17(26)21(33-12)34-20-13-8(6-31-19(29)11-2-1-3-30-11)4-10(23)14(13)9(7-32-20)18(27)28/h1-4,7,10,12-17,20-26H,5-6H2,(H,27,28)/t10-,12-,13-,14+,15-,16+,17-,20+,21+/m1/s1. The van der Waals surface area contributed by atoms with Crippen molar-refractivity contribution in [3.8, 4) is 0 Å². The van der Waals surface area contributed by atoms with Gasteiger partial charge in [-0.1, -0.05) is 6.08 Å². The Kier molecular flexibility index (Phi) is 7.04. The van der Waals surface area contributed by atoms with Crippen molar-refractivity contribution in [1.29, 1.82) is 0 Å². The Hall–Kier alpha value is -2.78. The van der Waals surface area contributed by atoms with Crippen molar-refractivity contribution >= 4 is 11.9 Å². The van der Waals surface area contributed by atoms with Crippen molar-refractivity contribution < 1.29 is 63.6 Å². The van der Waals surface area contributed by atoms with Gasteiger partial charge in [0, 0.05) is 5.92 Å². The lowest BCUT2D eigenvalue weighted by Crippen LogP contribution is -2.60. The highest BCUT2D eigenvalue weighted by molar-refractivity contribution is 5.88. The molecule has 1 fully saturated rings. The average Bonchev–Trinajstić information content (AvgIpc) is 3.47. The monoisotopic (exact) mass is 484 g/mol. The third-order valence-corrected chi connectivity index (χ3v) is 6.01. The molecule has 0 aromatic carbocycles. The quantitative estimate of drug-likeness (QED) is 0.185. The molecule has 13 nitrogen and oxygen atoms in total. The highest BCUT2D eigenvalue weighted by atomic mass is 16.8. The lowest BCUT2D eigenvalue weighted by molar-refractivity contribution is -0.340. The topological polar surface area (TPSA) is 206 Å². The van der Waals surface area contributed by atoms with Gasteiger partial charge < -0.3 is 54.0 Å². The minimum atomic E-state index is -1.74. The zero-order valence-electron chi connectivity index (χ0n) is 17.5. The lowest BCUT2D eigenvalue weighted by Gasteiger charge is -2.43. The minimum Gasteiger partial charge on any atom is -0.478 e. The van der Waals surface area contributed by atoms with Crippen LogP contribution in [0.1, 0.15) is 10.6 Å². The average molecular weight is 484 g/mol. The molecule has 3 aliphatic rings. The molecule has 9 atom stereocenters. The van der Waals surface area contributed by atoms with Crippen LogP contribution in [-0.4, -0.2) is 98.9 Å². The van der Waals surface area contributed by atoms with Gasteiger partial charge in [0.1, 0.15) is 31.0 Å². The van der Waals surface area contributed by atoms with Gasteiger partial charge in [-0.2, -0.15) is 0 Å². The zero-order valence-corrected chi connectivity index (χ0v) is 17.5. The van der Waals surface area contributed by atoms with Crippen LogP contribution in [0.4, 0.5) is 0 Å². The predicted molar refractivity (Wildman–Crippen MR) is 106 cm³/mol. The minimum absolute atomic E-state index is 0.0594. The normalized spacial score (nSPS) is 37.3. The van der Waals surface area contributed by atoms with Gasteiger partial charge in [-0.3, -0.25) is 0 Å². The van der Waals surface area contributed by atoms with Gasteiger partial charge in [0.2, 0.25) is 12.1 Å². The second-order valence-electron chi connectivity index (χ2n) is 8.05. The molecule has 3 heterocycles. The predicted octanol–water partition coefficient (Wildman–Crippen LogP) is -1.89. The van der Waals surface area contributed by atoms with Gasteiger partial charge >= 0.3 is 11.9 Å². The second kappa shape index (κ2) is 9.84. The van der Waals surface area contributed by atoms with Crippen LogP contribution in [-0.2, 0) is 23.7 Å². The molecule has 186 valence electrons. The number of esters is 1. The van der Waals surface area contributed by atoms with Crippen molar-refractivity contribution in [3.63, 3.8) is 0 Å². The zero-order chi connectivity index (χ0) is 24.6. The Morgan fingerprint density at radius 1 is 1.03 bits per heavy atom. The van der Waals surface area contributed by atoms with E-state index in [2.05, 4.69) is 0 Å². The first-order valence-corrected chi connectivity index (χ1v) is 10.4. The van der Waals surface area contributed by atoms with Crippen molar-refractivity contribution in [2.24, 2.45) is 11.8 Å². The Morgan fingerprint density at radius 3 is 2.44 bits per heavy atom. The van der Waals surface area contributed by atoms with E-state index in [1.165, 1.54) is 24.5 Å². The van der Waals surface area contributed by atoms with Crippen LogP contribution >= 0.6 is 0 Å². The number of carbonyl (C=O) groups is 2. The van der Waals surface area contributed by atoms with E-state index in [1.54, 1.807) is 0 Å². The molecule has 4 rings (SSSR count). The van der Waals surface area contributed by atoms with E-state index < -0.39 is 73.5 Å². The number of rotatable bonds is 7. The number of carboxylic acids is 1. The van der Waals surface area contributed by atoms with Crippen LogP contribution in [0.5, 0.6) is 0 Å². The summed E-state index contributed by atoms with van der Waals surface area (Å²) in [6.45, 7) is -1.04. The summed E-state index contributed by atoms with van der Waals surface area (Å²) in [6, 6.07) is 2.89. The first-order chi connectivity index (χ1) is 16.2. The summed E-state index contributed by atoms with van der Waals surface area (Å²) >= 11 is 0. The Labute approximate surface area is 192 Å². The van der Waals surface area contributed by atoms with E-state index in [4.69, 9.17) is 23.4 Å². The van der Waals surface area contributed by atoms with Gasteiger partial charge in [0.25, 0.3) is 0 Å². The Morgan fingerprint density at radius 2 is 1.79 bits per heavy atom. The third kappa shape index (κ3) is 4.46. The molecule has 13 heteroatoms. The maximum absolute atomic E-state index is 12.2. The summed E-state index contributed by atoms with van der Waals surface area (Å²) in [6.07, 6.45) is -7.00. The number of hydrogen-bond acceptors (Lipinski definition) is 12. The number of aliphatic hydroxyl groups is 5. The van der Waals surface area contributed by atoms with Gasteiger partial charge in [-0.05, 0) is 17.7 Å². The van der Waals surface area contributed by atoms with E-state index in [1.807, 2.05) is 0 Å². The molecule has 0 bridgehead atoms. The first kappa shape index (κ1) is 24.3. The Balaban J connectivity index is 1.55. The van der Waals surface area contributed by atoms with Crippen LogP contribution < -0.4 is 0 Å². The summed E-state index contributed by atoms with van der Waals surface area (Å²) in [7, 11) is 0. The molecule has 1 saturated heterocycles. The number of aliphatic hydroxyl groups excluding tert-OH is 5. The van der Waals surface area contributed by atoms with E-state index in [9.17, 15) is 40.2 Å². The first-order valence-electron chi connectivity index (χ1n) is 10.4. The van der Waals surface area contributed by atoms with Gasteiger partial charge in [0.15, 0.2) is 6.29 Å². The fourth-order valence-corrected chi connectivity index (χ4v) is 4.28. The number of ether oxygens (including phenoxy) is 4. The summed E-state index contributed by atoms with van der Waals surface area (Å²) < 4.78 is 26.6. The highest BCUT2D eigenvalue weighted by Gasteiger charge is 2.52. The maximum atomic E-state index is 12.2. The maximum Gasteiger partial charge on any atom is 0.374 e. The van der Waals surface area contributed by atoms with Crippen molar-refractivity contribution in [1.82, 2.24) is 0 Å². The third-order valence-electron chi connectivity index (χ3n) is 6.01. The molecule has 0 radical (unpaired) electrons.